The van der Waals surface area contributed by atoms with E-state index in [0.29, 0.717) is 11.7 Å². The Hall–Kier alpha value is -3.82. The Labute approximate surface area is 201 Å². The molecule has 0 fully saturated rings. The molecule has 0 aromatic carbocycles. The number of H-pyrrole nitrogens is 2. The molecule has 0 saturated carbocycles. The zero-order valence-electron chi connectivity index (χ0n) is 17.9. The number of nitrogens with one attached hydrogen (secondary N) is 2. The van der Waals surface area contributed by atoms with Gasteiger partial charge < -0.3 is 25.1 Å². The molecule has 1 atom stereocenters. The number of carboxylic acids is 2. The van der Waals surface area contributed by atoms with E-state index in [4.69, 9.17) is 31.4 Å². The van der Waals surface area contributed by atoms with Crippen molar-refractivity contribution in [3.05, 3.63) is 51.4 Å². The maximum absolute atomic E-state index is 12.1. The fourth-order valence-corrected chi connectivity index (χ4v) is 3.26. The fraction of sp³-hybridized carbons (Fsp3) is 0.316. The van der Waals surface area contributed by atoms with Crippen LogP contribution in [-0.2, 0) is 22.6 Å². The lowest BCUT2D eigenvalue weighted by Gasteiger charge is -2.36. The summed E-state index contributed by atoms with van der Waals surface area (Å²) >= 11 is 6.14. The normalized spacial score (nSPS) is 15.2. The topological polar surface area (TPSA) is 152 Å². The number of anilines is 1. The van der Waals surface area contributed by atoms with Gasteiger partial charge in [0.1, 0.15) is 10.8 Å². The zero-order chi connectivity index (χ0) is 27.4. The average Bonchev–Trinajstić information content (AvgIpc) is 3.21. The van der Waals surface area contributed by atoms with Crippen LogP contribution in [0.15, 0.2) is 29.5 Å². The van der Waals surface area contributed by atoms with Crippen molar-refractivity contribution in [2.24, 2.45) is 0 Å². The maximum atomic E-state index is 12.1. The van der Waals surface area contributed by atoms with Gasteiger partial charge in [0.2, 0.25) is 0 Å². The third-order valence-corrected chi connectivity index (χ3v) is 4.85. The molecule has 17 heteroatoms. The molecule has 196 valence electrons. The van der Waals surface area contributed by atoms with Crippen LogP contribution in [0.1, 0.15) is 18.2 Å². The number of halogens is 7. The minimum absolute atomic E-state index is 0.0765. The SMILES string of the molecule is C[C@@H]1Cc2nc[nH]c(=O)c2CN1c1cc(Cl)nc2[nH]ccc12.O=C(O)C(F)(F)F.O=C(O)C(F)(F)F. The number of fused-ring (bicyclic) bond motifs is 2. The quantitative estimate of drug-likeness (QED) is 0.269. The second-order valence-corrected chi connectivity index (χ2v) is 7.54. The molecule has 1 aliphatic rings. The summed E-state index contributed by atoms with van der Waals surface area (Å²) in [6.07, 6.45) is -6.13. The molecule has 0 unspecified atom stereocenters. The van der Waals surface area contributed by atoms with E-state index in [2.05, 4.69) is 31.8 Å². The number of carbonyl (C=O) groups is 2. The van der Waals surface area contributed by atoms with Crippen LogP contribution in [0.5, 0.6) is 0 Å². The first-order valence-electron chi connectivity index (χ1n) is 9.58. The number of alkyl halides is 6. The van der Waals surface area contributed by atoms with Gasteiger partial charge in [-0.25, -0.2) is 19.6 Å². The van der Waals surface area contributed by atoms with Gasteiger partial charge in [-0.2, -0.15) is 26.3 Å². The van der Waals surface area contributed by atoms with E-state index in [1.807, 2.05) is 18.3 Å². The predicted molar refractivity (Wildman–Crippen MR) is 113 cm³/mol. The molecule has 3 aromatic heterocycles. The Morgan fingerprint density at radius 3 is 2.19 bits per heavy atom. The molecular weight excluding hydrogens is 528 g/mol. The zero-order valence-corrected chi connectivity index (χ0v) is 18.7. The molecule has 36 heavy (non-hydrogen) atoms. The summed E-state index contributed by atoms with van der Waals surface area (Å²) in [6.45, 7) is 2.64. The highest BCUT2D eigenvalue weighted by Crippen LogP contribution is 2.33. The molecule has 4 heterocycles. The smallest absolute Gasteiger partial charge is 0.475 e. The fourth-order valence-electron chi connectivity index (χ4n) is 3.07. The van der Waals surface area contributed by atoms with Crippen molar-refractivity contribution in [1.29, 1.82) is 0 Å². The van der Waals surface area contributed by atoms with Crippen molar-refractivity contribution >= 4 is 40.3 Å². The summed E-state index contributed by atoms with van der Waals surface area (Å²) in [4.78, 5) is 46.4. The number of hydrogen-bond acceptors (Lipinski definition) is 6. The standard InChI is InChI=1S/C15H14ClN5O.2C2HF3O2/c1-8-4-11-10(15(22)19-7-18-11)6-21(8)12-5-13(16)20-14-9(12)2-3-17-14;2*3-2(4,5)1(6)7/h2-3,5,7-8H,4,6H2,1H3,(H,17,20)(H,18,19,22);2*(H,6,7)/t8-;;/m1../s1. The highest BCUT2D eigenvalue weighted by molar-refractivity contribution is 6.30. The average molecular weight is 544 g/mol. The molecule has 0 amide bonds. The molecule has 0 saturated heterocycles. The monoisotopic (exact) mass is 543 g/mol. The summed E-state index contributed by atoms with van der Waals surface area (Å²) in [5.74, 6) is -5.51. The number of aliphatic carboxylic acids is 2. The lowest BCUT2D eigenvalue weighted by atomic mass is 9.99. The van der Waals surface area contributed by atoms with Crippen LogP contribution in [0.4, 0.5) is 32.0 Å². The number of nitrogens with zero attached hydrogens (tertiary/aromatic N) is 3. The molecule has 0 bridgehead atoms. The Morgan fingerprint density at radius 2 is 1.67 bits per heavy atom. The molecule has 0 radical (unpaired) electrons. The van der Waals surface area contributed by atoms with Gasteiger partial charge in [0.05, 0.1) is 29.8 Å². The second-order valence-electron chi connectivity index (χ2n) is 7.15. The molecule has 4 rings (SSSR count). The van der Waals surface area contributed by atoms with Crippen LogP contribution >= 0.6 is 11.6 Å². The van der Waals surface area contributed by atoms with Gasteiger partial charge in [0.25, 0.3) is 5.56 Å². The number of hydrogen-bond donors (Lipinski definition) is 4. The minimum atomic E-state index is -5.08. The Balaban J connectivity index is 0.000000271. The van der Waals surface area contributed by atoms with Crippen LogP contribution < -0.4 is 10.5 Å². The Bertz CT molecular complexity index is 1280. The summed E-state index contributed by atoms with van der Waals surface area (Å²) in [6, 6.07) is 4.05. The van der Waals surface area contributed by atoms with Crippen molar-refractivity contribution in [3.63, 3.8) is 0 Å². The van der Waals surface area contributed by atoms with Crippen molar-refractivity contribution in [2.45, 2.75) is 38.3 Å². The number of pyridine rings is 1. The van der Waals surface area contributed by atoms with E-state index in [1.165, 1.54) is 6.33 Å². The third-order valence-electron chi connectivity index (χ3n) is 4.66. The summed E-state index contributed by atoms with van der Waals surface area (Å²) in [5, 5.41) is 15.7. The van der Waals surface area contributed by atoms with Crippen molar-refractivity contribution in [2.75, 3.05) is 4.90 Å². The molecule has 0 aliphatic carbocycles. The lowest BCUT2D eigenvalue weighted by Crippen LogP contribution is -2.41. The van der Waals surface area contributed by atoms with E-state index < -0.39 is 24.3 Å². The van der Waals surface area contributed by atoms with Gasteiger partial charge in [0.15, 0.2) is 0 Å². The van der Waals surface area contributed by atoms with Gasteiger partial charge in [-0.1, -0.05) is 11.6 Å². The third kappa shape index (κ3) is 7.10. The minimum Gasteiger partial charge on any atom is -0.475 e. The predicted octanol–water partition coefficient (Wildman–Crippen LogP) is 3.52. The Kier molecular flexibility index (Phi) is 8.56. The molecule has 1 aliphatic heterocycles. The first kappa shape index (κ1) is 28.4. The van der Waals surface area contributed by atoms with Gasteiger partial charge in [-0.05, 0) is 19.1 Å². The second kappa shape index (κ2) is 10.8. The van der Waals surface area contributed by atoms with E-state index in [-0.39, 0.29) is 11.6 Å². The summed E-state index contributed by atoms with van der Waals surface area (Å²) < 4.78 is 63.5. The first-order valence-corrected chi connectivity index (χ1v) is 9.96. The van der Waals surface area contributed by atoms with Crippen molar-refractivity contribution in [1.82, 2.24) is 19.9 Å². The molecular formula is C19H16ClF6N5O5. The largest absolute Gasteiger partial charge is 0.490 e. The number of aromatic amines is 2. The van der Waals surface area contributed by atoms with Crippen LogP contribution in [0.2, 0.25) is 5.15 Å². The van der Waals surface area contributed by atoms with Gasteiger partial charge >= 0.3 is 24.3 Å². The van der Waals surface area contributed by atoms with Crippen LogP contribution in [-0.4, -0.2) is 60.5 Å². The van der Waals surface area contributed by atoms with Crippen LogP contribution in [0.3, 0.4) is 0 Å². The summed E-state index contributed by atoms with van der Waals surface area (Å²) in [5.41, 5.74) is 3.25. The lowest BCUT2D eigenvalue weighted by molar-refractivity contribution is -0.193. The first-order chi connectivity index (χ1) is 16.5. The van der Waals surface area contributed by atoms with Crippen LogP contribution in [0.25, 0.3) is 11.0 Å². The summed E-state index contributed by atoms with van der Waals surface area (Å²) in [7, 11) is 0. The van der Waals surface area contributed by atoms with E-state index >= 15 is 0 Å². The maximum Gasteiger partial charge on any atom is 0.490 e. The molecule has 3 aromatic rings. The van der Waals surface area contributed by atoms with Gasteiger partial charge in [-0.15, -0.1) is 0 Å². The Morgan fingerprint density at radius 1 is 1.11 bits per heavy atom. The van der Waals surface area contributed by atoms with Crippen LogP contribution in [0, 0.1) is 0 Å². The van der Waals surface area contributed by atoms with Gasteiger partial charge in [0, 0.05) is 24.0 Å². The van der Waals surface area contributed by atoms with E-state index in [1.54, 1.807) is 0 Å². The van der Waals surface area contributed by atoms with E-state index in [0.717, 1.165) is 34.4 Å². The molecule has 0 spiro atoms. The van der Waals surface area contributed by atoms with Crippen molar-refractivity contribution < 1.29 is 46.1 Å². The number of rotatable bonds is 1. The highest BCUT2D eigenvalue weighted by Gasteiger charge is 2.38. The van der Waals surface area contributed by atoms with E-state index in [9.17, 15) is 31.1 Å². The number of aromatic nitrogens is 4. The highest BCUT2D eigenvalue weighted by atomic mass is 35.5. The molecule has 10 nitrogen and oxygen atoms in total. The number of carboxylic acid groups (broad SMARTS) is 2. The van der Waals surface area contributed by atoms with Gasteiger partial charge in [-0.3, -0.25) is 4.79 Å². The molecule has 4 N–H and O–H groups in total. The van der Waals surface area contributed by atoms with Crippen molar-refractivity contribution in [3.8, 4) is 0 Å².